The third-order valence-electron chi connectivity index (χ3n) is 3.85. The molecule has 132 valence electrons. The molecule has 0 spiro atoms. The van der Waals surface area contributed by atoms with Crippen molar-refractivity contribution < 1.29 is 9.90 Å². The van der Waals surface area contributed by atoms with Gasteiger partial charge in [-0.25, -0.2) is 0 Å². The Morgan fingerprint density at radius 1 is 0.846 bits per heavy atom. The summed E-state index contributed by atoms with van der Waals surface area (Å²) >= 11 is 0. The van der Waals surface area contributed by atoms with E-state index in [9.17, 15) is 9.90 Å². The molecule has 7 N–H and O–H groups in total. The van der Waals surface area contributed by atoms with Crippen molar-refractivity contribution in [2.24, 2.45) is 0 Å². The number of aliphatic hydroxyl groups excluding tert-OH is 1. The van der Waals surface area contributed by atoms with Crippen LogP contribution < -0.4 is 22.1 Å². The Kier molecular flexibility index (Phi) is 5.05. The molecule has 3 aromatic rings. The Morgan fingerprint density at radius 3 is 2.04 bits per heavy atom. The number of aliphatic hydroxyl groups is 1. The topological polar surface area (TPSA) is 113 Å². The van der Waals surface area contributed by atoms with Gasteiger partial charge in [-0.1, -0.05) is 12.1 Å². The van der Waals surface area contributed by atoms with E-state index in [4.69, 9.17) is 11.5 Å². The molecule has 0 bridgehead atoms. The molecule has 6 nitrogen and oxygen atoms in total. The van der Waals surface area contributed by atoms with E-state index in [1.54, 1.807) is 72.8 Å². The zero-order chi connectivity index (χ0) is 18.5. The number of nitrogens with two attached hydrogens (primary N) is 2. The van der Waals surface area contributed by atoms with Gasteiger partial charge >= 0.3 is 0 Å². The quantitative estimate of drug-likeness (QED) is 0.359. The third-order valence-corrected chi connectivity index (χ3v) is 3.85. The lowest BCUT2D eigenvalue weighted by Gasteiger charge is -2.15. The molecular weight excluding hydrogens is 328 g/mol. The highest BCUT2D eigenvalue weighted by Gasteiger charge is 2.11. The average molecular weight is 348 g/mol. The van der Waals surface area contributed by atoms with Crippen molar-refractivity contribution in [1.82, 2.24) is 0 Å². The molecule has 1 unspecified atom stereocenters. The number of nitrogen functional groups attached to an aromatic ring is 2. The molecule has 0 saturated carbocycles. The van der Waals surface area contributed by atoms with Crippen molar-refractivity contribution in [3.63, 3.8) is 0 Å². The number of hydrogen-bond acceptors (Lipinski definition) is 5. The lowest BCUT2D eigenvalue weighted by molar-refractivity contribution is 0.102. The summed E-state index contributed by atoms with van der Waals surface area (Å²) in [5, 5.41) is 16.1. The normalized spacial score (nSPS) is 11.6. The first-order chi connectivity index (χ1) is 12.5. The monoisotopic (exact) mass is 348 g/mol. The van der Waals surface area contributed by atoms with Gasteiger partial charge in [-0.3, -0.25) is 4.79 Å². The summed E-state index contributed by atoms with van der Waals surface area (Å²) in [6.45, 7) is 0. The second-order valence-electron chi connectivity index (χ2n) is 5.87. The van der Waals surface area contributed by atoms with E-state index in [2.05, 4.69) is 10.6 Å². The van der Waals surface area contributed by atoms with Crippen molar-refractivity contribution in [3.05, 3.63) is 83.9 Å². The van der Waals surface area contributed by atoms with Gasteiger partial charge in [-0.2, -0.15) is 0 Å². The van der Waals surface area contributed by atoms with Gasteiger partial charge in [-0.05, 0) is 60.7 Å². The van der Waals surface area contributed by atoms with Crippen molar-refractivity contribution in [1.29, 1.82) is 0 Å². The van der Waals surface area contributed by atoms with Crippen LogP contribution in [0.2, 0.25) is 0 Å². The summed E-state index contributed by atoms with van der Waals surface area (Å²) in [5.74, 6) is -0.267. The molecule has 3 aromatic carbocycles. The first-order valence-corrected chi connectivity index (χ1v) is 8.08. The van der Waals surface area contributed by atoms with Gasteiger partial charge in [0, 0.05) is 33.9 Å². The van der Waals surface area contributed by atoms with Crippen molar-refractivity contribution >= 4 is 28.7 Å². The molecule has 6 heteroatoms. The summed E-state index contributed by atoms with van der Waals surface area (Å²) in [4.78, 5) is 12.4. The number of carbonyl (C=O) groups is 1. The highest BCUT2D eigenvalue weighted by atomic mass is 16.3. The number of hydrogen-bond donors (Lipinski definition) is 5. The highest BCUT2D eigenvalue weighted by Crippen LogP contribution is 2.20. The molecule has 1 amide bonds. The zero-order valence-corrected chi connectivity index (χ0v) is 14.0. The van der Waals surface area contributed by atoms with Gasteiger partial charge in [0.15, 0.2) is 6.23 Å². The van der Waals surface area contributed by atoms with E-state index in [1.165, 1.54) is 0 Å². The smallest absolute Gasteiger partial charge is 0.255 e. The second-order valence-corrected chi connectivity index (χ2v) is 5.87. The van der Waals surface area contributed by atoms with Crippen LogP contribution in [0.1, 0.15) is 22.1 Å². The Labute approximate surface area is 151 Å². The van der Waals surface area contributed by atoms with Crippen LogP contribution in [0.5, 0.6) is 0 Å². The first-order valence-electron chi connectivity index (χ1n) is 8.08. The Hall–Kier alpha value is -3.51. The fraction of sp³-hybridized carbons (Fsp3) is 0.0500. The molecular formula is C20H20N4O2. The Balaban J connectivity index is 1.71. The number of amides is 1. The predicted octanol–water partition coefficient (Wildman–Crippen LogP) is 3.21. The number of benzene rings is 3. The van der Waals surface area contributed by atoms with Crippen LogP contribution in [0.3, 0.4) is 0 Å². The van der Waals surface area contributed by atoms with Crippen LogP contribution in [0.15, 0.2) is 72.8 Å². The maximum atomic E-state index is 12.4. The largest absolute Gasteiger partial charge is 0.399 e. The first kappa shape index (κ1) is 17.3. The average Bonchev–Trinajstić information content (AvgIpc) is 2.65. The SMILES string of the molecule is Nc1ccc(NC(=O)c2cccc(C(O)Nc3ccc(N)cc3)c2)cc1. The summed E-state index contributed by atoms with van der Waals surface area (Å²) in [5.41, 5.74) is 15.0. The maximum absolute atomic E-state index is 12.4. The molecule has 26 heavy (non-hydrogen) atoms. The van der Waals surface area contributed by atoms with Gasteiger partial charge in [0.25, 0.3) is 5.91 Å². The van der Waals surface area contributed by atoms with Crippen LogP contribution in [0.4, 0.5) is 22.7 Å². The standard InChI is InChI=1S/C20H20N4O2/c21-15-4-8-17(9-5-15)23-19(25)13-2-1-3-14(12-13)20(26)24-18-10-6-16(22)7-11-18/h1-12,19,23,25H,21-22H2,(H,24,26). The van der Waals surface area contributed by atoms with Crippen LogP contribution in [0, 0.1) is 0 Å². The number of carbonyl (C=O) groups excluding carboxylic acids is 1. The molecule has 0 fully saturated rings. The minimum absolute atomic E-state index is 0.267. The molecule has 0 radical (unpaired) electrons. The lowest BCUT2D eigenvalue weighted by Crippen LogP contribution is -2.14. The molecule has 0 aliphatic rings. The summed E-state index contributed by atoms with van der Waals surface area (Å²) in [6.07, 6.45) is -0.956. The van der Waals surface area contributed by atoms with Crippen LogP contribution in [-0.2, 0) is 0 Å². The molecule has 0 aromatic heterocycles. The number of nitrogens with one attached hydrogen (secondary N) is 2. The van der Waals surface area contributed by atoms with E-state index in [1.807, 2.05) is 0 Å². The van der Waals surface area contributed by atoms with E-state index >= 15 is 0 Å². The third kappa shape index (κ3) is 4.31. The van der Waals surface area contributed by atoms with Crippen LogP contribution >= 0.6 is 0 Å². The second kappa shape index (κ2) is 7.58. The summed E-state index contributed by atoms with van der Waals surface area (Å²) < 4.78 is 0. The lowest BCUT2D eigenvalue weighted by atomic mass is 10.1. The summed E-state index contributed by atoms with van der Waals surface area (Å²) in [7, 11) is 0. The molecule has 0 aliphatic carbocycles. The number of rotatable bonds is 5. The molecule has 1 atom stereocenters. The van der Waals surface area contributed by atoms with E-state index in [-0.39, 0.29) is 5.91 Å². The van der Waals surface area contributed by atoms with Gasteiger partial charge in [0.1, 0.15) is 0 Å². The van der Waals surface area contributed by atoms with Crippen LogP contribution in [0.25, 0.3) is 0 Å². The van der Waals surface area contributed by atoms with Crippen molar-refractivity contribution in [2.45, 2.75) is 6.23 Å². The van der Waals surface area contributed by atoms with Crippen molar-refractivity contribution in [2.75, 3.05) is 22.1 Å². The van der Waals surface area contributed by atoms with Gasteiger partial charge in [0.2, 0.25) is 0 Å². The molecule has 0 aliphatic heterocycles. The van der Waals surface area contributed by atoms with E-state index in [0.717, 1.165) is 5.69 Å². The Bertz CT molecular complexity index is 892. The minimum atomic E-state index is -0.956. The number of anilines is 4. The van der Waals surface area contributed by atoms with Crippen LogP contribution in [-0.4, -0.2) is 11.0 Å². The molecule has 3 rings (SSSR count). The van der Waals surface area contributed by atoms with E-state index in [0.29, 0.717) is 28.2 Å². The zero-order valence-electron chi connectivity index (χ0n) is 14.0. The van der Waals surface area contributed by atoms with Gasteiger partial charge in [-0.15, -0.1) is 0 Å². The predicted molar refractivity (Wildman–Crippen MR) is 105 cm³/mol. The van der Waals surface area contributed by atoms with Gasteiger partial charge < -0.3 is 27.2 Å². The fourth-order valence-electron chi connectivity index (χ4n) is 2.44. The maximum Gasteiger partial charge on any atom is 0.255 e. The van der Waals surface area contributed by atoms with Gasteiger partial charge in [0.05, 0.1) is 0 Å². The van der Waals surface area contributed by atoms with E-state index < -0.39 is 6.23 Å². The highest BCUT2D eigenvalue weighted by molar-refractivity contribution is 6.04. The summed E-state index contributed by atoms with van der Waals surface area (Å²) in [6, 6.07) is 20.7. The van der Waals surface area contributed by atoms with Crippen molar-refractivity contribution in [3.8, 4) is 0 Å². The fourth-order valence-corrected chi connectivity index (χ4v) is 2.44. The molecule has 0 heterocycles. The Morgan fingerprint density at radius 2 is 1.42 bits per heavy atom. The molecule has 0 saturated heterocycles. The minimum Gasteiger partial charge on any atom is -0.399 e.